The smallest absolute Gasteiger partial charge is 0.226 e. The van der Waals surface area contributed by atoms with Gasteiger partial charge in [0.15, 0.2) is 9.84 Å². The first-order valence-electron chi connectivity index (χ1n) is 9.05. The maximum Gasteiger partial charge on any atom is 0.226 e. The number of aromatic nitrogens is 1. The van der Waals surface area contributed by atoms with E-state index in [0.717, 1.165) is 37.5 Å². The van der Waals surface area contributed by atoms with Gasteiger partial charge in [-0.3, -0.25) is 4.79 Å². The molecular weight excluding hydrogens is 384 g/mol. The minimum absolute atomic E-state index is 0.00215. The average molecular weight is 407 g/mol. The van der Waals surface area contributed by atoms with Crippen molar-refractivity contribution < 1.29 is 13.2 Å². The second-order valence-corrected chi connectivity index (χ2v) is 9.47. The molecule has 1 amide bonds. The lowest BCUT2D eigenvalue weighted by Gasteiger charge is -2.24. The minimum atomic E-state index is -3.38. The molecule has 1 saturated carbocycles. The molecule has 1 aromatic carbocycles. The van der Waals surface area contributed by atoms with E-state index in [1.54, 1.807) is 36.5 Å². The molecule has 1 atom stereocenters. The number of carbonyl (C=O) groups is 1. The number of rotatable bonds is 6. The predicted octanol–water partition coefficient (Wildman–Crippen LogP) is 4.44. The highest BCUT2D eigenvalue weighted by Crippen LogP contribution is 2.40. The van der Waals surface area contributed by atoms with Gasteiger partial charge in [0.2, 0.25) is 5.91 Å². The van der Waals surface area contributed by atoms with Crippen molar-refractivity contribution in [2.75, 3.05) is 11.6 Å². The number of pyridine rings is 1. The van der Waals surface area contributed by atoms with Gasteiger partial charge in [-0.1, -0.05) is 36.6 Å². The molecule has 1 aliphatic carbocycles. The van der Waals surface area contributed by atoms with Crippen molar-refractivity contribution in [3.8, 4) is 0 Å². The Morgan fingerprint density at radius 3 is 2.59 bits per heavy atom. The predicted molar refractivity (Wildman–Crippen MR) is 107 cm³/mol. The minimum Gasteiger partial charge on any atom is -0.311 e. The Labute approximate surface area is 165 Å². The molecule has 1 heterocycles. The third-order valence-corrected chi connectivity index (χ3v) is 6.67. The van der Waals surface area contributed by atoms with Gasteiger partial charge in [0, 0.05) is 18.9 Å². The maximum atomic E-state index is 12.6. The Balaban J connectivity index is 1.83. The molecule has 5 nitrogen and oxygen atoms in total. The highest BCUT2D eigenvalue weighted by molar-refractivity contribution is 7.90. The van der Waals surface area contributed by atoms with Crippen LogP contribution in [0.4, 0.5) is 5.82 Å². The lowest BCUT2D eigenvalue weighted by Crippen LogP contribution is -2.20. The number of hydrogen-bond acceptors (Lipinski definition) is 4. The van der Waals surface area contributed by atoms with Gasteiger partial charge in [-0.15, -0.1) is 0 Å². The number of amides is 1. The average Bonchev–Trinajstić information content (AvgIpc) is 3.13. The number of benzene rings is 1. The summed E-state index contributed by atoms with van der Waals surface area (Å²) in [6.07, 6.45) is 7.52. The highest BCUT2D eigenvalue weighted by atomic mass is 35.5. The summed E-state index contributed by atoms with van der Waals surface area (Å²) in [6, 6.07) is 10.4. The van der Waals surface area contributed by atoms with E-state index in [9.17, 15) is 13.2 Å². The molecule has 0 bridgehead atoms. The van der Waals surface area contributed by atoms with E-state index in [4.69, 9.17) is 11.6 Å². The van der Waals surface area contributed by atoms with Gasteiger partial charge in [-0.05, 0) is 54.5 Å². The van der Waals surface area contributed by atoms with Crippen LogP contribution in [-0.4, -0.2) is 25.6 Å². The van der Waals surface area contributed by atoms with E-state index in [1.165, 1.54) is 0 Å². The second kappa shape index (κ2) is 8.40. The summed E-state index contributed by atoms with van der Waals surface area (Å²) in [5.74, 6) is 0.814. The summed E-state index contributed by atoms with van der Waals surface area (Å²) in [5, 5.41) is 3.05. The second-order valence-electron chi connectivity index (χ2n) is 7.08. The molecule has 1 aliphatic rings. The maximum absolute atomic E-state index is 12.6. The van der Waals surface area contributed by atoms with Gasteiger partial charge in [-0.25, -0.2) is 13.4 Å². The van der Waals surface area contributed by atoms with Crippen molar-refractivity contribution in [1.29, 1.82) is 0 Å². The van der Waals surface area contributed by atoms with Crippen molar-refractivity contribution in [1.82, 2.24) is 4.98 Å². The van der Waals surface area contributed by atoms with Crippen LogP contribution in [-0.2, 0) is 14.6 Å². The summed E-state index contributed by atoms with van der Waals surface area (Å²) in [7, 11) is -3.38. The molecule has 3 rings (SSSR count). The lowest BCUT2D eigenvalue weighted by molar-refractivity contribution is -0.116. The SMILES string of the molecule is CS(=O)(=O)c1ccc(C(CC(=O)Nc2ccccn2)C2CCCC2)cc1Cl. The molecule has 0 aliphatic heterocycles. The summed E-state index contributed by atoms with van der Waals surface area (Å²) in [6.45, 7) is 0. The Bertz CT molecular complexity index is 910. The summed E-state index contributed by atoms with van der Waals surface area (Å²) < 4.78 is 23.6. The number of sulfone groups is 1. The molecule has 0 radical (unpaired) electrons. The third kappa shape index (κ3) is 5.08. The van der Waals surface area contributed by atoms with E-state index >= 15 is 0 Å². The van der Waals surface area contributed by atoms with E-state index in [2.05, 4.69) is 10.3 Å². The summed E-state index contributed by atoms with van der Waals surface area (Å²) in [4.78, 5) is 16.8. The Kier molecular flexibility index (Phi) is 6.17. The Hall–Kier alpha value is -1.92. The monoisotopic (exact) mass is 406 g/mol. The van der Waals surface area contributed by atoms with Crippen LogP contribution in [0.5, 0.6) is 0 Å². The largest absolute Gasteiger partial charge is 0.311 e. The van der Waals surface area contributed by atoms with Crippen molar-refractivity contribution in [2.45, 2.75) is 42.9 Å². The highest BCUT2D eigenvalue weighted by Gasteiger charge is 2.29. The van der Waals surface area contributed by atoms with Crippen LogP contribution in [0.15, 0.2) is 47.5 Å². The van der Waals surface area contributed by atoms with Crippen LogP contribution in [0.1, 0.15) is 43.6 Å². The quantitative estimate of drug-likeness (QED) is 0.769. The third-order valence-electron chi connectivity index (χ3n) is 5.09. The number of hydrogen-bond donors (Lipinski definition) is 1. The fourth-order valence-corrected chi connectivity index (χ4v) is 5.13. The van der Waals surface area contributed by atoms with Gasteiger partial charge in [0.25, 0.3) is 0 Å². The van der Waals surface area contributed by atoms with E-state index in [1.807, 2.05) is 6.07 Å². The zero-order valence-electron chi connectivity index (χ0n) is 15.2. The van der Waals surface area contributed by atoms with Crippen LogP contribution in [0.3, 0.4) is 0 Å². The van der Waals surface area contributed by atoms with Crippen molar-refractivity contribution >= 4 is 33.2 Å². The first-order chi connectivity index (χ1) is 12.8. The first-order valence-corrected chi connectivity index (χ1v) is 11.3. The molecular formula is C20H23ClN2O3S. The number of nitrogens with one attached hydrogen (secondary N) is 1. The fraction of sp³-hybridized carbons (Fsp3) is 0.400. The van der Waals surface area contributed by atoms with Crippen LogP contribution < -0.4 is 5.32 Å². The molecule has 1 aromatic heterocycles. The molecule has 7 heteroatoms. The van der Waals surface area contributed by atoms with E-state index in [-0.39, 0.29) is 21.7 Å². The first kappa shape index (κ1) is 19.8. The van der Waals surface area contributed by atoms with Crippen molar-refractivity contribution in [3.63, 3.8) is 0 Å². The molecule has 1 N–H and O–H groups in total. The number of anilines is 1. The summed E-state index contributed by atoms with van der Waals surface area (Å²) >= 11 is 6.24. The Morgan fingerprint density at radius 1 is 1.26 bits per heavy atom. The normalized spacial score (nSPS) is 16.2. The lowest BCUT2D eigenvalue weighted by atomic mass is 9.82. The fourth-order valence-electron chi connectivity index (χ4n) is 3.80. The van der Waals surface area contributed by atoms with Gasteiger partial charge in [0.05, 0.1) is 9.92 Å². The van der Waals surface area contributed by atoms with Gasteiger partial charge in [0.1, 0.15) is 5.82 Å². The number of carbonyl (C=O) groups excluding carboxylic acids is 1. The van der Waals surface area contributed by atoms with E-state index < -0.39 is 9.84 Å². The Morgan fingerprint density at radius 2 is 2.00 bits per heavy atom. The van der Waals surface area contributed by atoms with Crippen molar-refractivity contribution in [3.05, 3.63) is 53.2 Å². The van der Waals surface area contributed by atoms with Gasteiger partial charge in [-0.2, -0.15) is 0 Å². The van der Waals surface area contributed by atoms with Crippen LogP contribution in [0.2, 0.25) is 5.02 Å². The standard InChI is InChI=1S/C20H23ClN2O3S/c1-27(25,26)18-10-9-15(12-17(18)21)16(14-6-2-3-7-14)13-20(24)23-19-8-4-5-11-22-19/h4-5,8-12,14,16H,2-3,6-7,13H2,1H3,(H,22,23,24). The zero-order valence-corrected chi connectivity index (χ0v) is 16.8. The molecule has 2 aromatic rings. The topological polar surface area (TPSA) is 76.1 Å². The van der Waals surface area contributed by atoms with Crippen molar-refractivity contribution in [2.24, 2.45) is 5.92 Å². The number of nitrogens with zero attached hydrogens (tertiary/aromatic N) is 1. The molecule has 144 valence electrons. The zero-order chi connectivity index (χ0) is 19.4. The molecule has 0 spiro atoms. The van der Waals surface area contributed by atoms with Crippen LogP contribution in [0.25, 0.3) is 0 Å². The molecule has 0 saturated heterocycles. The number of halogens is 1. The molecule has 27 heavy (non-hydrogen) atoms. The van der Waals surface area contributed by atoms with Crippen LogP contribution >= 0.6 is 11.6 Å². The van der Waals surface area contributed by atoms with Gasteiger partial charge < -0.3 is 5.32 Å². The van der Waals surface area contributed by atoms with E-state index in [0.29, 0.717) is 18.2 Å². The molecule has 1 fully saturated rings. The van der Waals surface area contributed by atoms with Gasteiger partial charge >= 0.3 is 0 Å². The molecule has 1 unspecified atom stereocenters. The summed E-state index contributed by atoms with van der Waals surface area (Å²) in [5.41, 5.74) is 0.912. The van der Waals surface area contributed by atoms with Crippen LogP contribution in [0, 0.1) is 5.92 Å².